The largest absolute Gasteiger partial charge is 0.454 e. The molecule has 0 fully saturated rings. The van der Waals surface area contributed by atoms with Gasteiger partial charge >= 0.3 is 0 Å². The number of nitrogen functional groups attached to an aromatic ring is 1. The zero-order valence-electron chi connectivity index (χ0n) is 29.0. The first-order valence-electron chi connectivity index (χ1n) is 16.4. The fourth-order valence-electron chi connectivity index (χ4n) is 5.40. The van der Waals surface area contributed by atoms with Crippen LogP contribution in [0.1, 0.15) is 50.5 Å². The number of sulfonamides is 1. The zero-order chi connectivity index (χ0) is 36.6. The van der Waals surface area contributed by atoms with Gasteiger partial charge in [0.1, 0.15) is 6.04 Å². The van der Waals surface area contributed by atoms with Crippen LogP contribution in [-0.2, 0) is 26.0 Å². The zero-order valence-corrected chi connectivity index (χ0v) is 29.8. The summed E-state index contributed by atoms with van der Waals surface area (Å²) in [5.74, 6) is -0.995. The van der Waals surface area contributed by atoms with Gasteiger partial charge in [-0.05, 0) is 59.7 Å². The molecule has 0 bridgehead atoms. The average molecular weight is 710 g/mol. The van der Waals surface area contributed by atoms with Crippen molar-refractivity contribution in [1.82, 2.24) is 20.3 Å². The molecule has 6 N–H and O–H groups in total. The molecule has 0 spiro atoms. The minimum absolute atomic E-state index is 0.0115. The molecule has 13 nitrogen and oxygen atoms in total. The summed E-state index contributed by atoms with van der Waals surface area (Å²) in [7, 11) is -4.11. The highest BCUT2D eigenvalue weighted by Gasteiger charge is 2.37. The van der Waals surface area contributed by atoms with E-state index in [0.29, 0.717) is 22.7 Å². The third-order valence-corrected chi connectivity index (χ3v) is 9.88. The summed E-state index contributed by atoms with van der Waals surface area (Å²) >= 11 is 0. The van der Waals surface area contributed by atoms with Crippen molar-refractivity contribution in [3.8, 4) is 11.5 Å². The maximum absolute atomic E-state index is 13.9. The van der Waals surface area contributed by atoms with Crippen LogP contribution in [0.25, 0.3) is 0 Å². The maximum Gasteiger partial charge on any atom is 0.251 e. The molecular formula is C36H47N5O8S. The minimum Gasteiger partial charge on any atom is -0.454 e. The molecule has 1 heterocycles. The number of nitrogens with two attached hydrogens (primary N) is 1. The van der Waals surface area contributed by atoms with Gasteiger partial charge in [-0.2, -0.15) is 4.31 Å². The smallest absolute Gasteiger partial charge is 0.251 e. The monoisotopic (exact) mass is 709 g/mol. The van der Waals surface area contributed by atoms with E-state index in [1.807, 2.05) is 44.2 Å². The van der Waals surface area contributed by atoms with E-state index in [1.165, 1.54) is 34.6 Å². The molecule has 50 heavy (non-hydrogen) atoms. The average Bonchev–Trinajstić information content (AvgIpc) is 3.54. The second kappa shape index (κ2) is 16.4. The number of carbonyl (C=O) groups is 3. The van der Waals surface area contributed by atoms with Crippen LogP contribution in [0, 0.1) is 11.3 Å². The molecule has 0 radical (unpaired) electrons. The third-order valence-electron chi connectivity index (χ3n) is 8.05. The van der Waals surface area contributed by atoms with Crippen molar-refractivity contribution in [3.63, 3.8) is 0 Å². The Kier molecular flexibility index (Phi) is 12.5. The van der Waals surface area contributed by atoms with Crippen LogP contribution in [-0.4, -0.2) is 80.2 Å². The van der Waals surface area contributed by atoms with Crippen LogP contribution in [0.15, 0.2) is 77.7 Å². The van der Waals surface area contributed by atoms with Crippen LogP contribution in [0.2, 0.25) is 0 Å². The Morgan fingerprint density at radius 1 is 0.920 bits per heavy atom. The Balaban J connectivity index is 1.53. The number of aliphatic hydroxyl groups excluding tert-OH is 1. The number of hydrogen-bond donors (Lipinski definition) is 5. The molecule has 1 aliphatic heterocycles. The lowest BCUT2D eigenvalue weighted by molar-refractivity contribution is -0.132. The topological polar surface area (TPSA) is 189 Å². The Labute approximate surface area is 293 Å². The number of rotatable bonds is 15. The molecule has 4 rings (SSSR count). The van der Waals surface area contributed by atoms with Crippen molar-refractivity contribution in [1.29, 1.82) is 0 Å². The summed E-state index contributed by atoms with van der Waals surface area (Å²) in [4.78, 5) is 39.4. The molecule has 0 unspecified atom stereocenters. The maximum atomic E-state index is 13.9. The molecule has 0 saturated heterocycles. The van der Waals surface area contributed by atoms with Gasteiger partial charge in [0.2, 0.25) is 28.6 Å². The second-order valence-electron chi connectivity index (χ2n) is 13.8. The van der Waals surface area contributed by atoms with E-state index in [1.54, 1.807) is 32.9 Å². The van der Waals surface area contributed by atoms with Gasteiger partial charge in [0.15, 0.2) is 11.5 Å². The lowest BCUT2D eigenvalue weighted by Gasteiger charge is -2.34. The number of nitrogens with one attached hydrogen (secondary N) is 3. The first kappa shape index (κ1) is 38.1. The molecule has 14 heteroatoms. The Morgan fingerprint density at radius 3 is 2.22 bits per heavy atom. The van der Waals surface area contributed by atoms with Gasteiger partial charge in [0, 0.05) is 30.4 Å². The van der Waals surface area contributed by atoms with Crippen LogP contribution in [0.5, 0.6) is 11.5 Å². The van der Waals surface area contributed by atoms with E-state index >= 15 is 0 Å². The SMILES string of the molecule is CC(C)CN(C[C@@H](O)[C@H](Cc1ccccc1)NC(=O)[C@@H](NC(=O)CNC(=O)c1ccc(N)cc1)C(C)(C)C)S(=O)(=O)c1ccc2c(c1)OCO2. The van der Waals surface area contributed by atoms with E-state index in [-0.39, 0.29) is 43.7 Å². The summed E-state index contributed by atoms with van der Waals surface area (Å²) in [6.45, 7) is 8.43. The Morgan fingerprint density at radius 2 is 1.58 bits per heavy atom. The van der Waals surface area contributed by atoms with Crippen molar-refractivity contribution in [2.24, 2.45) is 11.3 Å². The molecule has 3 amide bonds. The highest BCUT2D eigenvalue weighted by atomic mass is 32.2. The van der Waals surface area contributed by atoms with Crippen molar-refractivity contribution in [2.75, 3.05) is 32.2 Å². The number of fused-ring (bicyclic) bond motifs is 1. The molecule has 0 saturated carbocycles. The number of carbonyl (C=O) groups excluding carboxylic acids is 3. The molecule has 3 aromatic carbocycles. The number of hydrogen-bond acceptors (Lipinski definition) is 9. The summed E-state index contributed by atoms with van der Waals surface area (Å²) in [6, 6.07) is 17.7. The summed E-state index contributed by atoms with van der Waals surface area (Å²) in [5, 5.41) is 19.9. The quantitative estimate of drug-likeness (QED) is 0.148. The van der Waals surface area contributed by atoms with E-state index in [4.69, 9.17) is 15.2 Å². The molecule has 270 valence electrons. The molecular weight excluding hydrogens is 662 g/mol. The standard InChI is InChI=1S/C36H47N5O8S/c1-23(2)20-41(50(46,47)27-15-16-30-31(18-27)49-22-48-30)21-29(42)28(17-24-9-7-6-8-10-24)39-35(45)33(36(3,4)5)40-32(43)19-38-34(44)25-11-13-26(37)14-12-25/h6-16,18,23,28-29,33,42H,17,19-22,37H2,1-5H3,(H,38,44)(H,39,45)(H,40,43)/t28-,29+,33+/m0/s1. The van der Waals surface area contributed by atoms with E-state index < -0.39 is 51.3 Å². The van der Waals surface area contributed by atoms with Crippen LogP contribution < -0.4 is 31.2 Å². The van der Waals surface area contributed by atoms with Crippen LogP contribution in [0.3, 0.4) is 0 Å². The van der Waals surface area contributed by atoms with Gasteiger partial charge in [0.25, 0.3) is 5.91 Å². The number of nitrogens with zero attached hydrogens (tertiary/aromatic N) is 1. The number of anilines is 1. The summed E-state index contributed by atoms with van der Waals surface area (Å²) in [6.07, 6.45) is -1.17. The first-order valence-corrected chi connectivity index (χ1v) is 17.8. The van der Waals surface area contributed by atoms with Crippen LogP contribution in [0.4, 0.5) is 5.69 Å². The molecule has 0 aromatic heterocycles. The third kappa shape index (κ3) is 10.2. The van der Waals surface area contributed by atoms with E-state index in [2.05, 4.69) is 16.0 Å². The number of benzene rings is 3. The van der Waals surface area contributed by atoms with Crippen molar-refractivity contribution in [3.05, 3.63) is 83.9 Å². The fraction of sp³-hybridized carbons (Fsp3) is 0.417. The van der Waals surface area contributed by atoms with Crippen molar-refractivity contribution < 1.29 is 37.4 Å². The highest BCUT2D eigenvalue weighted by molar-refractivity contribution is 7.89. The van der Waals surface area contributed by atoms with Gasteiger partial charge in [-0.1, -0.05) is 65.0 Å². The predicted molar refractivity (Wildman–Crippen MR) is 189 cm³/mol. The van der Waals surface area contributed by atoms with Gasteiger partial charge in [-0.15, -0.1) is 0 Å². The number of ether oxygens (including phenoxy) is 2. The Hall–Kier alpha value is -4.66. The van der Waals surface area contributed by atoms with E-state index in [0.717, 1.165) is 5.56 Å². The van der Waals surface area contributed by atoms with Gasteiger partial charge in [-0.3, -0.25) is 14.4 Å². The lowest BCUT2D eigenvalue weighted by Crippen LogP contribution is -2.59. The molecule has 3 aromatic rings. The minimum atomic E-state index is -4.11. The normalized spacial score (nSPS) is 14.6. The second-order valence-corrected chi connectivity index (χ2v) is 15.7. The number of amides is 3. The van der Waals surface area contributed by atoms with Gasteiger partial charge < -0.3 is 36.3 Å². The summed E-state index contributed by atoms with van der Waals surface area (Å²) < 4.78 is 39.8. The Bertz CT molecular complexity index is 1740. The van der Waals surface area contributed by atoms with Gasteiger partial charge in [-0.25, -0.2) is 8.42 Å². The molecule has 1 aliphatic rings. The van der Waals surface area contributed by atoms with Crippen molar-refractivity contribution in [2.45, 2.75) is 64.1 Å². The fourth-order valence-corrected chi connectivity index (χ4v) is 7.04. The first-order chi connectivity index (χ1) is 23.5. The molecule has 3 atom stereocenters. The lowest BCUT2D eigenvalue weighted by atomic mass is 9.85. The van der Waals surface area contributed by atoms with Gasteiger partial charge in [0.05, 0.1) is 23.6 Å². The summed E-state index contributed by atoms with van der Waals surface area (Å²) in [5.41, 5.74) is 6.52. The highest BCUT2D eigenvalue weighted by Crippen LogP contribution is 2.35. The van der Waals surface area contributed by atoms with Crippen molar-refractivity contribution >= 4 is 33.4 Å². The van der Waals surface area contributed by atoms with E-state index in [9.17, 15) is 27.9 Å². The predicted octanol–water partition coefficient (Wildman–Crippen LogP) is 2.69. The van der Waals surface area contributed by atoms with Crippen LogP contribution >= 0.6 is 0 Å². The molecule has 0 aliphatic carbocycles. The number of aliphatic hydroxyl groups is 1.